The van der Waals surface area contributed by atoms with Gasteiger partial charge in [-0.1, -0.05) is 12.1 Å². The first-order valence-electron chi connectivity index (χ1n) is 4.71. The summed E-state index contributed by atoms with van der Waals surface area (Å²) in [4.78, 5) is 10.6. The van der Waals surface area contributed by atoms with Crippen molar-refractivity contribution in [2.24, 2.45) is 0 Å². The van der Waals surface area contributed by atoms with E-state index in [1.165, 1.54) is 6.92 Å². The number of aryl methyl sites for hydroxylation is 1. The van der Waals surface area contributed by atoms with Crippen LogP contribution >= 0.6 is 0 Å². The van der Waals surface area contributed by atoms with E-state index in [-0.39, 0.29) is 5.91 Å². The van der Waals surface area contributed by atoms with Crippen molar-refractivity contribution in [3.05, 3.63) is 29.8 Å². The molecule has 0 aliphatic rings. The fraction of sp³-hybridized carbons (Fsp3) is 0.364. The van der Waals surface area contributed by atoms with Gasteiger partial charge in [0.05, 0.1) is 0 Å². The van der Waals surface area contributed by atoms with E-state index in [0.717, 1.165) is 18.4 Å². The van der Waals surface area contributed by atoms with Crippen LogP contribution in [0, 0.1) is 0 Å². The predicted molar refractivity (Wildman–Crippen MR) is 55.1 cm³/mol. The Kier molecular flexibility index (Phi) is 3.98. The van der Waals surface area contributed by atoms with E-state index in [1.54, 1.807) is 12.1 Å². The molecule has 0 spiro atoms. The summed E-state index contributed by atoms with van der Waals surface area (Å²) in [6, 6.07) is 7.18. The van der Waals surface area contributed by atoms with Crippen LogP contribution in [-0.4, -0.2) is 17.6 Å². The summed E-state index contributed by atoms with van der Waals surface area (Å²) < 4.78 is 0. The second-order valence-electron chi connectivity index (χ2n) is 3.26. The summed E-state index contributed by atoms with van der Waals surface area (Å²) in [6.07, 6.45) is 1.76. The average molecular weight is 193 g/mol. The monoisotopic (exact) mass is 193 g/mol. The van der Waals surface area contributed by atoms with Gasteiger partial charge in [0.15, 0.2) is 0 Å². The summed E-state index contributed by atoms with van der Waals surface area (Å²) in [5, 5.41) is 11.9. The first-order chi connectivity index (χ1) is 6.68. The molecule has 0 bridgehead atoms. The van der Waals surface area contributed by atoms with Crippen molar-refractivity contribution < 1.29 is 9.90 Å². The number of phenols is 1. The maximum absolute atomic E-state index is 10.6. The van der Waals surface area contributed by atoms with Crippen LogP contribution in [0.1, 0.15) is 18.9 Å². The smallest absolute Gasteiger partial charge is 0.216 e. The van der Waals surface area contributed by atoms with Gasteiger partial charge in [-0.05, 0) is 30.5 Å². The highest BCUT2D eigenvalue weighted by Crippen LogP contribution is 2.11. The molecule has 14 heavy (non-hydrogen) atoms. The standard InChI is InChI=1S/C11H15NO2/c1-9(13)12-7-3-5-10-4-2-6-11(14)8-10/h2,4,6,8,14H,3,5,7H2,1H3,(H,12,13). The van der Waals surface area contributed by atoms with Gasteiger partial charge >= 0.3 is 0 Å². The number of carbonyl (C=O) groups is 1. The van der Waals surface area contributed by atoms with Gasteiger partial charge in [-0.3, -0.25) is 4.79 Å². The molecule has 0 heterocycles. The molecule has 0 atom stereocenters. The lowest BCUT2D eigenvalue weighted by Crippen LogP contribution is -2.21. The lowest BCUT2D eigenvalue weighted by molar-refractivity contribution is -0.118. The zero-order valence-corrected chi connectivity index (χ0v) is 8.29. The molecule has 1 rings (SSSR count). The molecule has 3 nitrogen and oxygen atoms in total. The third-order valence-electron chi connectivity index (χ3n) is 1.93. The minimum Gasteiger partial charge on any atom is -0.508 e. The fourth-order valence-electron chi connectivity index (χ4n) is 1.27. The van der Waals surface area contributed by atoms with Crippen molar-refractivity contribution in [2.75, 3.05) is 6.54 Å². The third-order valence-corrected chi connectivity index (χ3v) is 1.93. The molecule has 2 N–H and O–H groups in total. The van der Waals surface area contributed by atoms with E-state index in [0.29, 0.717) is 12.3 Å². The summed E-state index contributed by atoms with van der Waals surface area (Å²) in [6.45, 7) is 2.19. The van der Waals surface area contributed by atoms with E-state index in [1.807, 2.05) is 12.1 Å². The quantitative estimate of drug-likeness (QED) is 0.711. The first kappa shape index (κ1) is 10.6. The van der Waals surface area contributed by atoms with Crippen LogP contribution in [0.5, 0.6) is 5.75 Å². The van der Waals surface area contributed by atoms with E-state index in [2.05, 4.69) is 5.32 Å². The number of aromatic hydroxyl groups is 1. The second-order valence-corrected chi connectivity index (χ2v) is 3.26. The Labute approximate surface area is 83.8 Å². The molecule has 3 heteroatoms. The largest absolute Gasteiger partial charge is 0.508 e. The van der Waals surface area contributed by atoms with Crippen LogP contribution in [0.4, 0.5) is 0 Å². The molecule has 1 aromatic carbocycles. The van der Waals surface area contributed by atoms with Crippen molar-refractivity contribution in [1.29, 1.82) is 0 Å². The Morgan fingerprint density at radius 2 is 2.29 bits per heavy atom. The number of amides is 1. The van der Waals surface area contributed by atoms with E-state index in [9.17, 15) is 9.90 Å². The molecule has 0 aliphatic heterocycles. The van der Waals surface area contributed by atoms with Crippen molar-refractivity contribution in [1.82, 2.24) is 5.32 Å². The van der Waals surface area contributed by atoms with E-state index in [4.69, 9.17) is 0 Å². The number of benzene rings is 1. The van der Waals surface area contributed by atoms with Gasteiger partial charge in [-0.15, -0.1) is 0 Å². The molecule has 1 amide bonds. The molecule has 0 fully saturated rings. The average Bonchev–Trinajstić information content (AvgIpc) is 2.12. The van der Waals surface area contributed by atoms with Crippen LogP contribution in [-0.2, 0) is 11.2 Å². The van der Waals surface area contributed by atoms with Crippen molar-refractivity contribution in [3.8, 4) is 5.75 Å². The first-order valence-corrected chi connectivity index (χ1v) is 4.71. The number of hydrogen-bond acceptors (Lipinski definition) is 2. The molecule has 76 valence electrons. The molecule has 0 radical (unpaired) electrons. The highest BCUT2D eigenvalue weighted by molar-refractivity contribution is 5.72. The van der Waals surface area contributed by atoms with Crippen LogP contribution in [0.25, 0.3) is 0 Å². The Morgan fingerprint density at radius 3 is 2.93 bits per heavy atom. The Morgan fingerprint density at radius 1 is 1.50 bits per heavy atom. The highest BCUT2D eigenvalue weighted by atomic mass is 16.3. The lowest BCUT2D eigenvalue weighted by Gasteiger charge is -2.02. The predicted octanol–water partition coefficient (Wildman–Crippen LogP) is 1.46. The molecule has 0 aromatic heterocycles. The summed E-state index contributed by atoms with van der Waals surface area (Å²) in [7, 11) is 0. The van der Waals surface area contributed by atoms with Gasteiger partial charge in [0.25, 0.3) is 0 Å². The fourth-order valence-corrected chi connectivity index (χ4v) is 1.27. The van der Waals surface area contributed by atoms with Crippen LogP contribution in [0.3, 0.4) is 0 Å². The summed E-state index contributed by atoms with van der Waals surface area (Å²) in [5.74, 6) is 0.294. The van der Waals surface area contributed by atoms with E-state index < -0.39 is 0 Å². The maximum atomic E-state index is 10.6. The molecule has 0 saturated heterocycles. The third kappa shape index (κ3) is 3.94. The van der Waals surface area contributed by atoms with Gasteiger partial charge in [0.2, 0.25) is 5.91 Å². The van der Waals surface area contributed by atoms with Crippen LogP contribution in [0.2, 0.25) is 0 Å². The molecular weight excluding hydrogens is 178 g/mol. The molecule has 0 aliphatic carbocycles. The SMILES string of the molecule is CC(=O)NCCCc1cccc(O)c1. The van der Waals surface area contributed by atoms with Crippen molar-refractivity contribution in [2.45, 2.75) is 19.8 Å². The van der Waals surface area contributed by atoms with Gasteiger partial charge in [0, 0.05) is 13.5 Å². The number of nitrogens with one attached hydrogen (secondary N) is 1. The maximum Gasteiger partial charge on any atom is 0.216 e. The number of carbonyl (C=O) groups excluding carboxylic acids is 1. The minimum atomic E-state index is 0.000842. The summed E-state index contributed by atoms with van der Waals surface area (Å²) in [5.41, 5.74) is 1.09. The Bertz CT molecular complexity index is 310. The second kappa shape index (κ2) is 5.27. The summed E-state index contributed by atoms with van der Waals surface area (Å²) >= 11 is 0. The van der Waals surface area contributed by atoms with Crippen LogP contribution in [0.15, 0.2) is 24.3 Å². The van der Waals surface area contributed by atoms with Crippen molar-refractivity contribution in [3.63, 3.8) is 0 Å². The van der Waals surface area contributed by atoms with Gasteiger partial charge < -0.3 is 10.4 Å². The lowest BCUT2D eigenvalue weighted by atomic mass is 10.1. The van der Waals surface area contributed by atoms with Crippen molar-refractivity contribution >= 4 is 5.91 Å². The Balaban J connectivity index is 2.28. The normalized spacial score (nSPS) is 9.79. The highest BCUT2D eigenvalue weighted by Gasteiger charge is 1.95. The minimum absolute atomic E-state index is 0.000842. The van der Waals surface area contributed by atoms with E-state index >= 15 is 0 Å². The zero-order valence-electron chi connectivity index (χ0n) is 8.29. The number of phenolic OH excluding ortho intramolecular Hbond substituents is 1. The van der Waals surface area contributed by atoms with Gasteiger partial charge in [0.1, 0.15) is 5.75 Å². The topological polar surface area (TPSA) is 49.3 Å². The molecule has 0 unspecified atom stereocenters. The molecule has 0 saturated carbocycles. The molecular formula is C11H15NO2. The van der Waals surface area contributed by atoms with Gasteiger partial charge in [-0.25, -0.2) is 0 Å². The number of hydrogen-bond donors (Lipinski definition) is 2. The Hall–Kier alpha value is -1.51. The zero-order chi connectivity index (χ0) is 10.4. The van der Waals surface area contributed by atoms with Crippen LogP contribution < -0.4 is 5.32 Å². The molecule has 1 aromatic rings. The number of rotatable bonds is 4. The van der Waals surface area contributed by atoms with Gasteiger partial charge in [-0.2, -0.15) is 0 Å².